The van der Waals surface area contributed by atoms with Gasteiger partial charge in [-0.3, -0.25) is 0 Å². The first-order valence-corrected chi connectivity index (χ1v) is 9.61. The Morgan fingerprint density at radius 3 is 2.64 bits per heavy atom. The minimum atomic E-state index is -3.57. The predicted molar refractivity (Wildman–Crippen MR) is 87.5 cm³/mol. The van der Waals surface area contributed by atoms with Gasteiger partial charge in [0.15, 0.2) is 0 Å². The van der Waals surface area contributed by atoms with Gasteiger partial charge < -0.3 is 4.74 Å². The lowest BCUT2D eigenvalue weighted by Gasteiger charge is -2.15. The van der Waals surface area contributed by atoms with Crippen molar-refractivity contribution >= 4 is 38.7 Å². The number of ether oxygens (including phenoxy) is 1. The summed E-state index contributed by atoms with van der Waals surface area (Å²) in [6.45, 7) is 0. The minimum absolute atomic E-state index is 0.269. The second-order valence-corrected chi connectivity index (χ2v) is 8.15. The average Bonchev–Trinajstić information content (AvgIpc) is 3.18. The van der Waals surface area contributed by atoms with E-state index in [0.717, 1.165) is 16.2 Å². The van der Waals surface area contributed by atoms with E-state index < -0.39 is 22.0 Å². The van der Waals surface area contributed by atoms with Crippen molar-refractivity contribution in [3.8, 4) is 0 Å². The van der Waals surface area contributed by atoms with Gasteiger partial charge in [-0.25, -0.2) is 17.9 Å². The van der Waals surface area contributed by atoms with Crippen LogP contribution in [0, 0.1) is 0 Å². The summed E-state index contributed by atoms with van der Waals surface area (Å²) < 4.78 is 32.2. The second kappa shape index (κ2) is 7.68. The number of thiophene rings is 2. The molecule has 0 aliphatic carbocycles. The van der Waals surface area contributed by atoms with Crippen molar-refractivity contribution in [1.29, 1.82) is 0 Å². The highest BCUT2D eigenvalue weighted by Gasteiger charge is 2.22. The molecule has 0 amide bonds. The number of carbonyl (C=O) groups excluding carboxylic acids is 1. The summed E-state index contributed by atoms with van der Waals surface area (Å²) in [6.07, 6.45) is 3.26. The van der Waals surface area contributed by atoms with Crippen LogP contribution in [0.15, 0.2) is 51.4 Å². The lowest BCUT2D eigenvalue weighted by molar-refractivity contribution is -0.134. The van der Waals surface area contributed by atoms with Gasteiger partial charge in [-0.05, 0) is 29.3 Å². The van der Waals surface area contributed by atoms with Crippen molar-refractivity contribution in [3.63, 3.8) is 0 Å². The number of sulfonamides is 1. The molecule has 0 aliphatic rings. The molecule has 0 radical (unpaired) electrons. The highest BCUT2D eigenvalue weighted by atomic mass is 32.2. The highest BCUT2D eigenvalue weighted by molar-refractivity contribution is 7.91. The normalized spacial score (nSPS) is 13.3. The van der Waals surface area contributed by atoms with E-state index in [1.54, 1.807) is 23.6 Å². The van der Waals surface area contributed by atoms with Gasteiger partial charge in [0.25, 0.3) is 10.0 Å². The van der Waals surface area contributed by atoms with Gasteiger partial charge in [0.05, 0.1) is 13.2 Å². The largest absolute Gasteiger partial charge is 0.466 e. The Morgan fingerprint density at radius 2 is 2.05 bits per heavy atom. The van der Waals surface area contributed by atoms with E-state index >= 15 is 0 Å². The summed E-state index contributed by atoms with van der Waals surface area (Å²) in [5.41, 5.74) is 0. The van der Waals surface area contributed by atoms with E-state index in [0.29, 0.717) is 6.42 Å². The van der Waals surface area contributed by atoms with Crippen LogP contribution in [0.5, 0.6) is 0 Å². The third-order valence-corrected chi connectivity index (χ3v) is 6.63. The Bertz CT molecular complexity index is 718. The van der Waals surface area contributed by atoms with E-state index in [-0.39, 0.29) is 4.21 Å². The molecule has 118 valence electrons. The average molecular weight is 357 g/mol. The SMILES string of the molecule is COC(=O)/C=C/C[C@@H](NS(=O)(=O)c1cccs1)c1cccs1. The van der Waals surface area contributed by atoms with Crippen molar-refractivity contribution in [2.75, 3.05) is 7.11 Å². The molecular formula is C14H15NO4S3. The summed E-state index contributed by atoms with van der Waals surface area (Å²) in [4.78, 5) is 12.0. The quantitative estimate of drug-likeness (QED) is 0.611. The van der Waals surface area contributed by atoms with E-state index in [4.69, 9.17) is 0 Å². The first-order chi connectivity index (χ1) is 10.5. The monoisotopic (exact) mass is 357 g/mol. The van der Waals surface area contributed by atoms with Crippen LogP contribution < -0.4 is 4.72 Å². The van der Waals surface area contributed by atoms with Gasteiger partial charge in [-0.15, -0.1) is 22.7 Å². The molecule has 0 saturated heterocycles. The van der Waals surface area contributed by atoms with Crippen molar-refractivity contribution in [1.82, 2.24) is 4.72 Å². The predicted octanol–water partition coefficient (Wildman–Crippen LogP) is 2.95. The lowest BCUT2D eigenvalue weighted by atomic mass is 10.2. The summed E-state index contributed by atoms with van der Waals surface area (Å²) in [6, 6.07) is 6.54. The van der Waals surface area contributed by atoms with Gasteiger partial charge in [0.2, 0.25) is 0 Å². The number of nitrogens with one attached hydrogen (secondary N) is 1. The fourth-order valence-electron chi connectivity index (χ4n) is 1.74. The van der Waals surface area contributed by atoms with Gasteiger partial charge in [-0.2, -0.15) is 0 Å². The fourth-order valence-corrected chi connectivity index (χ4v) is 4.85. The molecule has 2 aromatic heterocycles. The number of carbonyl (C=O) groups is 1. The second-order valence-electron chi connectivity index (χ2n) is 4.28. The molecule has 2 aromatic rings. The number of esters is 1. The fraction of sp³-hybridized carbons (Fsp3) is 0.214. The van der Waals surface area contributed by atoms with Gasteiger partial charge in [0.1, 0.15) is 4.21 Å². The number of hydrogen-bond donors (Lipinski definition) is 1. The maximum absolute atomic E-state index is 12.3. The van der Waals surface area contributed by atoms with Crippen LogP contribution >= 0.6 is 22.7 Å². The van der Waals surface area contributed by atoms with Gasteiger partial charge in [0, 0.05) is 11.0 Å². The van der Waals surface area contributed by atoms with Crippen LogP contribution in [0.4, 0.5) is 0 Å². The zero-order valence-corrected chi connectivity index (χ0v) is 14.2. The Morgan fingerprint density at radius 1 is 1.32 bits per heavy atom. The van der Waals surface area contributed by atoms with E-state index in [2.05, 4.69) is 9.46 Å². The molecule has 0 fully saturated rings. The van der Waals surface area contributed by atoms with E-state index in [1.165, 1.54) is 24.5 Å². The lowest BCUT2D eigenvalue weighted by Crippen LogP contribution is -2.27. The Balaban J connectivity index is 2.16. The molecule has 2 rings (SSSR count). The highest BCUT2D eigenvalue weighted by Crippen LogP contribution is 2.26. The maximum atomic E-state index is 12.3. The van der Waals surface area contributed by atoms with Crippen LogP contribution in [0.2, 0.25) is 0 Å². The summed E-state index contributed by atoms with van der Waals surface area (Å²) in [5.74, 6) is -0.467. The molecule has 0 aromatic carbocycles. The number of rotatable bonds is 7. The molecule has 1 atom stereocenters. The van der Waals surface area contributed by atoms with Crippen LogP contribution in [0.1, 0.15) is 17.3 Å². The molecule has 2 heterocycles. The third kappa shape index (κ3) is 4.51. The number of methoxy groups -OCH3 is 1. The molecule has 0 aliphatic heterocycles. The first kappa shape index (κ1) is 16.9. The smallest absolute Gasteiger partial charge is 0.330 e. The van der Waals surface area contributed by atoms with Crippen LogP contribution in [-0.2, 0) is 19.6 Å². The van der Waals surface area contributed by atoms with E-state index in [9.17, 15) is 13.2 Å². The van der Waals surface area contributed by atoms with Crippen molar-refractivity contribution in [2.45, 2.75) is 16.7 Å². The van der Waals surface area contributed by atoms with Crippen LogP contribution in [-0.4, -0.2) is 21.5 Å². The van der Waals surface area contributed by atoms with Crippen molar-refractivity contribution in [3.05, 3.63) is 52.1 Å². The zero-order valence-electron chi connectivity index (χ0n) is 11.8. The molecule has 1 N–H and O–H groups in total. The molecule has 0 unspecified atom stereocenters. The maximum Gasteiger partial charge on any atom is 0.330 e. The van der Waals surface area contributed by atoms with Crippen LogP contribution in [0.25, 0.3) is 0 Å². The molecule has 0 spiro atoms. The standard InChI is InChI=1S/C14H15NO4S3/c1-19-13(16)7-2-5-11(12-6-3-9-20-12)15-22(17,18)14-8-4-10-21-14/h2-4,6-11,15H,5H2,1H3/b7-2+/t11-/m1/s1. The van der Waals surface area contributed by atoms with Crippen LogP contribution in [0.3, 0.4) is 0 Å². The number of hydrogen-bond acceptors (Lipinski definition) is 6. The summed E-state index contributed by atoms with van der Waals surface area (Å²) in [7, 11) is -2.28. The summed E-state index contributed by atoms with van der Waals surface area (Å²) in [5, 5.41) is 3.59. The van der Waals surface area contributed by atoms with Gasteiger partial charge in [-0.1, -0.05) is 18.2 Å². The molecule has 8 heteroatoms. The third-order valence-electron chi connectivity index (χ3n) is 2.77. The molecule has 22 heavy (non-hydrogen) atoms. The molecule has 0 saturated carbocycles. The van der Waals surface area contributed by atoms with E-state index in [1.807, 2.05) is 17.5 Å². The Kier molecular flexibility index (Phi) is 5.90. The first-order valence-electron chi connectivity index (χ1n) is 6.36. The zero-order chi connectivity index (χ0) is 16.0. The summed E-state index contributed by atoms with van der Waals surface area (Å²) >= 11 is 2.62. The van der Waals surface area contributed by atoms with Crippen molar-refractivity contribution < 1.29 is 17.9 Å². The van der Waals surface area contributed by atoms with Crippen molar-refractivity contribution in [2.24, 2.45) is 0 Å². The molecular weight excluding hydrogens is 342 g/mol. The Labute approximate surface area is 137 Å². The molecule has 5 nitrogen and oxygen atoms in total. The Hall–Kier alpha value is -1.48. The van der Waals surface area contributed by atoms with Gasteiger partial charge >= 0.3 is 5.97 Å². The minimum Gasteiger partial charge on any atom is -0.466 e. The molecule has 0 bridgehead atoms. The topological polar surface area (TPSA) is 72.5 Å².